The second kappa shape index (κ2) is 7.51. The van der Waals surface area contributed by atoms with Crippen molar-refractivity contribution in [2.45, 2.75) is 38.6 Å². The van der Waals surface area contributed by atoms with Gasteiger partial charge in [0.25, 0.3) is 0 Å². The third-order valence-electron chi connectivity index (χ3n) is 5.01. The van der Waals surface area contributed by atoms with Gasteiger partial charge in [0.1, 0.15) is 0 Å². The standard InChI is InChI=1S/C21H23NO3/c1-14-10-11-15-6-2-4-8-17(15)20(14)22-19(23)13-12-16-7-3-5-9-18(16)21(24)25/h2-9,14,20H,10-13H2,1H3,(H,22,23)(H,24,25). The third-order valence-corrected chi connectivity index (χ3v) is 5.01. The van der Waals surface area contributed by atoms with E-state index in [0.717, 1.165) is 12.8 Å². The minimum atomic E-state index is -0.953. The molecule has 130 valence electrons. The number of rotatable bonds is 5. The van der Waals surface area contributed by atoms with Crippen molar-refractivity contribution in [2.75, 3.05) is 0 Å². The average molecular weight is 337 g/mol. The molecule has 2 aromatic carbocycles. The highest BCUT2D eigenvalue weighted by Crippen LogP contribution is 2.34. The van der Waals surface area contributed by atoms with Crippen molar-refractivity contribution in [3.63, 3.8) is 0 Å². The maximum Gasteiger partial charge on any atom is 0.335 e. The molecule has 2 unspecified atom stereocenters. The predicted octanol–water partition coefficient (Wildman–Crippen LogP) is 3.76. The smallest absolute Gasteiger partial charge is 0.335 e. The Morgan fingerprint density at radius 2 is 1.84 bits per heavy atom. The van der Waals surface area contributed by atoms with Crippen LogP contribution in [0.1, 0.15) is 52.9 Å². The van der Waals surface area contributed by atoms with Gasteiger partial charge in [0.2, 0.25) is 5.91 Å². The summed E-state index contributed by atoms with van der Waals surface area (Å²) in [5, 5.41) is 12.4. The Hall–Kier alpha value is -2.62. The van der Waals surface area contributed by atoms with Crippen LogP contribution in [0.25, 0.3) is 0 Å². The first kappa shape index (κ1) is 17.2. The number of carboxylic acid groups (broad SMARTS) is 1. The van der Waals surface area contributed by atoms with Crippen LogP contribution >= 0.6 is 0 Å². The lowest BCUT2D eigenvalue weighted by Crippen LogP contribution is -2.35. The number of amides is 1. The van der Waals surface area contributed by atoms with Gasteiger partial charge in [-0.05, 0) is 47.9 Å². The SMILES string of the molecule is CC1CCc2ccccc2C1NC(=O)CCc1ccccc1C(=O)O. The molecule has 0 aliphatic heterocycles. The molecule has 0 aromatic heterocycles. The van der Waals surface area contributed by atoms with Crippen molar-refractivity contribution < 1.29 is 14.7 Å². The van der Waals surface area contributed by atoms with Crippen molar-refractivity contribution in [3.05, 3.63) is 70.8 Å². The molecule has 3 rings (SSSR count). The van der Waals surface area contributed by atoms with Gasteiger partial charge in [-0.1, -0.05) is 49.4 Å². The van der Waals surface area contributed by atoms with E-state index in [1.807, 2.05) is 12.1 Å². The van der Waals surface area contributed by atoms with Crippen LogP contribution in [0.15, 0.2) is 48.5 Å². The summed E-state index contributed by atoms with van der Waals surface area (Å²) >= 11 is 0. The number of carbonyl (C=O) groups is 2. The molecule has 0 heterocycles. The summed E-state index contributed by atoms with van der Waals surface area (Å²) in [6.45, 7) is 2.17. The van der Waals surface area contributed by atoms with Crippen LogP contribution in [0.4, 0.5) is 0 Å². The van der Waals surface area contributed by atoms with Crippen molar-refractivity contribution in [1.82, 2.24) is 5.32 Å². The Morgan fingerprint density at radius 3 is 2.64 bits per heavy atom. The van der Waals surface area contributed by atoms with Crippen LogP contribution in [0.5, 0.6) is 0 Å². The molecule has 4 heteroatoms. The van der Waals surface area contributed by atoms with E-state index < -0.39 is 5.97 Å². The zero-order valence-electron chi connectivity index (χ0n) is 14.4. The van der Waals surface area contributed by atoms with Crippen LogP contribution in [0.2, 0.25) is 0 Å². The van der Waals surface area contributed by atoms with Gasteiger partial charge in [-0.2, -0.15) is 0 Å². The average Bonchev–Trinajstić information content (AvgIpc) is 2.62. The van der Waals surface area contributed by atoms with Crippen molar-refractivity contribution in [2.24, 2.45) is 5.92 Å². The minimum Gasteiger partial charge on any atom is -0.478 e. The number of nitrogens with one attached hydrogen (secondary N) is 1. The highest BCUT2D eigenvalue weighted by molar-refractivity contribution is 5.89. The van der Waals surface area contributed by atoms with E-state index in [-0.39, 0.29) is 23.9 Å². The second-order valence-corrected chi connectivity index (χ2v) is 6.72. The molecule has 1 aliphatic rings. The predicted molar refractivity (Wildman–Crippen MR) is 96.5 cm³/mol. The number of hydrogen-bond acceptors (Lipinski definition) is 2. The number of carbonyl (C=O) groups excluding carboxylic acids is 1. The molecular formula is C21H23NO3. The summed E-state index contributed by atoms with van der Waals surface area (Å²) in [6, 6.07) is 15.2. The van der Waals surface area contributed by atoms with Crippen molar-refractivity contribution >= 4 is 11.9 Å². The normalized spacial score (nSPS) is 19.1. The maximum absolute atomic E-state index is 12.5. The van der Waals surface area contributed by atoms with Gasteiger partial charge in [-0.3, -0.25) is 4.79 Å². The highest BCUT2D eigenvalue weighted by atomic mass is 16.4. The molecular weight excluding hydrogens is 314 g/mol. The van der Waals surface area contributed by atoms with Crippen molar-refractivity contribution in [3.8, 4) is 0 Å². The fraction of sp³-hybridized carbons (Fsp3) is 0.333. The number of carboxylic acids is 1. The first-order valence-electron chi connectivity index (χ1n) is 8.74. The summed E-state index contributed by atoms with van der Waals surface area (Å²) in [7, 11) is 0. The Balaban J connectivity index is 1.67. The Morgan fingerprint density at radius 1 is 1.12 bits per heavy atom. The molecule has 0 fully saturated rings. The number of hydrogen-bond donors (Lipinski definition) is 2. The molecule has 0 bridgehead atoms. The number of aromatic carboxylic acids is 1. The molecule has 25 heavy (non-hydrogen) atoms. The number of aryl methyl sites for hydroxylation is 2. The third kappa shape index (κ3) is 3.90. The zero-order chi connectivity index (χ0) is 17.8. The minimum absolute atomic E-state index is 0.0336. The van der Waals surface area contributed by atoms with E-state index in [2.05, 4.69) is 24.4 Å². The van der Waals surface area contributed by atoms with Crippen molar-refractivity contribution in [1.29, 1.82) is 0 Å². The monoisotopic (exact) mass is 337 g/mol. The molecule has 0 saturated carbocycles. The van der Waals surface area contributed by atoms with Crippen LogP contribution in [-0.2, 0) is 17.6 Å². The summed E-state index contributed by atoms with van der Waals surface area (Å²) in [5.41, 5.74) is 3.48. The van der Waals surface area contributed by atoms with Gasteiger partial charge in [0.15, 0.2) is 0 Å². The summed E-state index contributed by atoms with van der Waals surface area (Å²) in [4.78, 5) is 23.7. The largest absolute Gasteiger partial charge is 0.478 e. The van der Waals surface area contributed by atoms with E-state index in [4.69, 9.17) is 0 Å². The highest BCUT2D eigenvalue weighted by Gasteiger charge is 2.27. The number of benzene rings is 2. The van der Waals surface area contributed by atoms with Crippen LogP contribution in [0, 0.1) is 5.92 Å². The lowest BCUT2D eigenvalue weighted by molar-refractivity contribution is -0.122. The Labute approximate surface area is 147 Å². The Bertz CT molecular complexity index is 784. The lowest BCUT2D eigenvalue weighted by Gasteiger charge is -2.32. The van der Waals surface area contributed by atoms with Crippen LogP contribution in [0.3, 0.4) is 0 Å². The second-order valence-electron chi connectivity index (χ2n) is 6.72. The van der Waals surface area contributed by atoms with Gasteiger partial charge in [0.05, 0.1) is 11.6 Å². The van der Waals surface area contributed by atoms with E-state index in [9.17, 15) is 14.7 Å². The van der Waals surface area contributed by atoms with E-state index in [0.29, 0.717) is 17.9 Å². The molecule has 0 saturated heterocycles. The molecule has 2 aromatic rings. The van der Waals surface area contributed by atoms with E-state index in [1.165, 1.54) is 11.1 Å². The molecule has 2 atom stereocenters. The molecule has 1 amide bonds. The Kier molecular flexibility index (Phi) is 5.17. The molecule has 0 radical (unpaired) electrons. The first-order chi connectivity index (χ1) is 12.1. The van der Waals surface area contributed by atoms with Gasteiger partial charge in [-0.15, -0.1) is 0 Å². The molecule has 2 N–H and O–H groups in total. The summed E-state index contributed by atoms with van der Waals surface area (Å²) in [5.74, 6) is -0.593. The van der Waals surface area contributed by atoms with Gasteiger partial charge < -0.3 is 10.4 Å². The maximum atomic E-state index is 12.5. The fourth-order valence-corrected chi connectivity index (χ4v) is 3.58. The molecule has 0 spiro atoms. The van der Waals surface area contributed by atoms with Crippen LogP contribution < -0.4 is 5.32 Å². The lowest BCUT2D eigenvalue weighted by atomic mass is 9.80. The van der Waals surface area contributed by atoms with Gasteiger partial charge in [-0.25, -0.2) is 4.79 Å². The number of fused-ring (bicyclic) bond motifs is 1. The quantitative estimate of drug-likeness (QED) is 0.873. The van der Waals surface area contributed by atoms with E-state index in [1.54, 1.807) is 24.3 Å². The summed E-state index contributed by atoms with van der Waals surface area (Å²) < 4.78 is 0. The molecule has 4 nitrogen and oxygen atoms in total. The fourth-order valence-electron chi connectivity index (χ4n) is 3.58. The molecule has 1 aliphatic carbocycles. The van der Waals surface area contributed by atoms with Crippen LogP contribution in [-0.4, -0.2) is 17.0 Å². The van der Waals surface area contributed by atoms with E-state index >= 15 is 0 Å². The van der Waals surface area contributed by atoms with Gasteiger partial charge in [0, 0.05) is 6.42 Å². The first-order valence-corrected chi connectivity index (χ1v) is 8.74. The zero-order valence-corrected chi connectivity index (χ0v) is 14.4. The summed E-state index contributed by atoms with van der Waals surface area (Å²) in [6.07, 6.45) is 2.83. The van der Waals surface area contributed by atoms with Gasteiger partial charge >= 0.3 is 5.97 Å². The topological polar surface area (TPSA) is 66.4 Å².